The van der Waals surface area contributed by atoms with Crippen molar-refractivity contribution in [2.45, 2.75) is 66.9 Å². The van der Waals surface area contributed by atoms with Gasteiger partial charge in [-0.3, -0.25) is 4.79 Å². The van der Waals surface area contributed by atoms with Gasteiger partial charge < -0.3 is 4.74 Å². The van der Waals surface area contributed by atoms with E-state index in [1.54, 1.807) is 0 Å². The first kappa shape index (κ1) is 18.5. The summed E-state index contributed by atoms with van der Waals surface area (Å²) in [7, 11) is 0. The van der Waals surface area contributed by atoms with Gasteiger partial charge in [-0.15, -0.1) is 0 Å². The van der Waals surface area contributed by atoms with Crippen LogP contribution >= 0.6 is 0 Å². The molecule has 0 amide bonds. The van der Waals surface area contributed by atoms with Gasteiger partial charge in [0.2, 0.25) is 0 Å². The van der Waals surface area contributed by atoms with Crippen LogP contribution in [0.5, 0.6) is 0 Å². The van der Waals surface area contributed by atoms with Crippen LogP contribution in [-0.2, 0) is 16.1 Å². The summed E-state index contributed by atoms with van der Waals surface area (Å²) >= 11 is 0. The van der Waals surface area contributed by atoms with E-state index in [0.29, 0.717) is 6.61 Å². The molecule has 0 saturated heterocycles. The van der Waals surface area contributed by atoms with Crippen molar-refractivity contribution in [3.63, 3.8) is 0 Å². The van der Waals surface area contributed by atoms with Gasteiger partial charge in [-0.1, -0.05) is 46.6 Å². The van der Waals surface area contributed by atoms with Crippen molar-refractivity contribution in [2.75, 3.05) is 0 Å². The minimum Gasteiger partial charge on any atom is -0.460 e. The molecule has 0 aliphatic carbocycles. The molecule has 1 unspecified atom stereocenters. The molecule has 2 nitrogen and oxygen atoms in total. The zero-order valence-electron chi connectivity index (χ0n) is 15.9. The largest absolute Gasteiger partial charge is 0.460 e. The summed E-state index contributed by atoms with van der Waals surface area (Å²) in [5, 5.41) is 0. The van der Waals surface area contributed by atoms with E-state index in [9.17, 15) is 4.79 Å². The second-order valence-electron chi connectivity index (χ2n) is 7.51. The zero-order valence-corrected chi connectivity index (χ0v) is 15.9. The van der Waals surface area contributed by atoms with E-state index in [1.165, 1.54) is 22.3 Å². The van der Waals surface area contributed by atoms with Crippen LogP contribution in [0.4, 0.5) is 0 Å². The molecular formula is C22H30O2. The van der Waals surface area contributed by atoms with Crippen LogP contribution in [0, 0.1) is 5.92 Å². The lowest BCUT2D eigenvalue weighted by molar-refractivity contribution is -0.150. The number of benzene rings is 1. The first-order valence-corrected chi connectivity index (χ1v) is 8.81. The fourth-order valence-corrected chi connectivity index (χ4v) is 3.28. The number of carbonyl (C=O) groups is 1. The van der Waals surface area contributed by atoms with E-state index in [-0.39, 0.29) is 17.8 Å². The van der Waals surface area contributed by atoms with Gasteiger partial charge in [-0.25, -0.2) is 0 Å². The molecule has 1 atom stereocenters. The third-order valence-corrected chi connectivity index (χ3v) is 5.33. The highest BCUT2D eigenvalue weighted by Gasteiger charge is 2.36. The van der Waals surface area contributed by atoms with Gasteiger partial charge in [-0.2, -0.15) is 0 Å². The van der Waals surface area contributed by atoms with E-state index in [2.05, 4.69) is 53.7 Å². The molecule has 0 bridgehead atoms. The molecule has 1 aliphatic heterocycles. The molecule has 1 heterocycles. The van der Waals surface area contributed by atoms with Gasteiger partial charge >= 0.3 is 5.97 Å². The van der Waals surface area contributed by atoms with Crippen LogP contribution in [0.2, 0.25) is 0 Å². The number of cyclic esters (lactones) is 1. The maximum atomic E-state index is 12.6. The van der Waals surface area contributed by atoms with Gasteiger partial charge in [0.15, 0.2) is 0 Å². The number of carbonyl (C=O) groups excluding carboxylic acids is 1. The van der Waals surface area contributed by atoms with Crippen molar-refractivity contribution >= 4 is 5.97 Å². The second-order valence-corrected chi connectivity index (χ2v) is 7.51. The summed E-state index contributed by atoms with van der Waals surface area (Å²) in [5.74, 6) is 0.00381. The predicted molar refractivity (Wildman–Crippen MR) is 99.8 cm³/mol. The van der Waals surface area contributed by atoms with Crippen LogP contribution in [-0.4, -0.2) is 5.97 Å². The number of allylic oxidation sites excluding steroid dienone is 4. The molecule has 2 rings (SSSR count). The molecule has 0 N–H and O–H groups in total. The van der Waals surface area contributed by atoms with Crippen molar-refractivity contribution in [2.24, 2.45) is 5.92 Å². The molecule has 0 aromatic heterocycles. The standard InChI is InChI=1S/C22H30O2/c1-14(2)16(5)11-19(12-17(6)15(3)4)21-20-10-8-7-9-18(20)13-24-22(21)23/h7-10,19,21H,11-13H2,1-6H3. The fourth-order valence-electron chi connectivity index (χ4n) is 3.28. The maximum Gasteiger partial charge on any atom is 0.314 e. The van der Waals surface area contributed by atoms with E-state index in [4.69, 9.17) is 4.74 Å². The van der Waals surface area contributed by atoms with Crippen molar-refractivity contribution in [1.82, 2.24) is 0 Å². The first-order valence-electron chi connectivity index (χ1n) is 8.81. The third kappa shape index (κ3) is 4.17. The first-order chi connectivity index (χ1) is 11.3. The van der Waals surface area contributed by atoms with Crippen LogP contribution in [0.3, 0.4) is 0 Å². The predicted octanol–water partition coefficient (Wildman–Crippen LogP) is 5.94. The summed E-state index contributed by atoms with van der Waals surface area (Å²) in [5.41, 5.74) is 7.73. The molecule has 2 heteroatoms. The Balaban J connectivity index is 2.44. The molecule has 0 radical (unpaired) electrons. The lowest BCUT2D eigenvalue weighted by Crippen LogP contribution is -2.29. The average Bonchev–Trinajstić information content (AvgIpc) is 2.53. The maximum absolute atomic E-state index is 12.6. The number of fused-ring (bicyclic) bond motifs is 1. The zero-order chi connectivity index (χ0) is 17.9. The molecule has 1 aromatic carbocycles. The lowest BCUT2D eigenvalue weighted by Gasteiger charge is -2.32. The highest BCUT2D eigenvalue weighted by Crippen LogP contribution is 2.40. The monoisotopic (exact) mass is 326 g/mol. The molecule has 0 spiro atoms. The highest BCUT2D eigenvalue weighted by atomic mass is 16.5. The fraction of sp³-hybridized carbons (Fsp3) is 0.500. The van der Waals surface area contributed by atoms with Crippen LogP contribution in [0.1, 0.15) is 71.4 Å². The third-order valence-electron chi connectivity index (χ3n) is 5.33. The number of ether oxygens (including phenoxy) is 1. The molecule has 1 aromatic rings. The van der Waals surface area contributed by atoms with Crippen LogP contribution < -0.4 is 0 Å². The number of esters is 1. The SMILES string of the molecule is CC(C)=C(C)CC(CC(C)=C(C)C)C1C(=O)OCc2ccccc21. The van der Waals surface area contributed by atoms with Crippen molar-refractivity contribution in [1.29, 1.82) is 0 Å². The summed E-state index contributed by atoms with van der Waals surface area (Å²) in [6.45, 7) is 13.4. The summed E-state index contributed by atoms with van der Waals surface area (Å²) < 4.78 is 5.51. The van der Waals surface area contributed by atoms with Crippen molar-refractivity contribution < 1.29 is 9.53 Å². The average molecular weight is 326 g/mol. The molecule has 130 valence electrons. The van der Waals surface area contributed by atoms with E-state index in [1.807, 2.05) is 12.1 Å². The van der Waals surface area contributed by atoms with Gasteiger partial charge in [-0.05, 0) is 71.4 Å². The minimum atomic E-state index is -0.168. The van der Waals surface area contributed by atoms with Gasteiger partial charge in [0.25, 0.3) is 0 Å². The van der Waals surface area contributed by atoms with Crippen LogP contribution in [0.15, 0.2) is 46.6 Å². The topological polar surface area (TPSA) is 26.3 Å². The van der Waals surface area contributed by atoms with Gasteiger partial charge in [0.05, 0.1) is 5.92 Å². The number of hydrogen-bond donors (Lipinski definition) is 0. The Morgan fingerprint density at radius 2 is 1.54 bits per heavy atom. The number of hydrogen-bond acceptors (Lipinski definition) is 2. The normalized spacial score (nSPS) is 16.5. The number of rotatable bonds is 5. The quantitative estimate of drug-likeness (QED) is 0.494. The molecule has 0 saturated carbocycles. The molecule has 24 heavy (non-hydrogen) atoms. The molecule has 0 fully saturated rings. The Morgan fingerprint density at radius 1 is 1.00 bits per heavy atom. The molecular weight excluding hydrogens is 296 g/mol. The Kier molecular flexibility index (Phi) is 6.04. The second kappa shape index (κ2) is 7.83. The smallest absolute Gasteiger partial charge is 0.314 e. The van der Waals surface area contributed by atoms with Crippen molar-refractivity contribution in [3.8, 4) is 0 Å². The highest BCUT2D eigenvalue weighted by molar-refractivity contribution is 5.80. The Bertz CT molecular complexity index is 645. The minimum absolute atomic E-state index is 0.0678. The van der Waals surface area contributed by atoms with Gasteiger partial charge in [0, 0.05) is 0 Å². The van der Waals surface area contributed by atoms with E-state index in [0.717, 1.165) is 24.0 Å². The van der Waals surface area contributed by atoms with E-state index >= 15 is 0 Å². The van der Waals surface area contributed by atoms with Gasteiger partial charge in [0.1, 0.15) is 6.61 Å². The van der Waals surface area contributed by atoms with Crippen LogP contribution in [0.25, 0.3) is 0 Å². The molecule has 1 aliphatic rings. The van der Waals surface area contributed by atoms with E-state index < -0.39 is 0 Å². The summed E-state index contributed by atoms with van der Waals surface area (Å²) in [4.78, 5) is 12.6. The Labute approximate surface area is 146 Å². The lowest BCUT2D eigenvalue weighted by atomic mass is 9.76. The Morgan fingerprint density at radius 3 is 2.08 bits per heavy atom. The summed E-state index contributed by atoms with van der Waals surface area (Å²) in [6, 6.07) is 8.23. The Hall–Kier alpha value is -1.83. The van der Waals surface area contributed by atoms with Crippen molar-refractivity contribution in [3.05, 3.63) is 57.7 Å². The summed E-state index contributed by atoms with van der Waals surface area (Å²) in [6.07, 6.45) is 1.86.